The number of halogens is 2. The summed E-state index contributed by atoms with van der Waals surface area (Å²) in [6.45, 7) is 0.771. The van der Waals surface area contributed by atoms with Gasteiger partial charge in [-0.15, -0.1) is 0 Å². The van der Waals surface area contributed by atoms with E-state index in [1.165, 1.54) is 0 Å². The van der Waals surface area contributed by atoms with Crippen molar-refractivity contribution in [2.24, 2.45) is 5.92 Å². The fraction of sp³-hybridized carbons (Fsp3) is 1.00. The summed E-state index contributed by atoms with van der Waals surface area (Å²) in [5, 5.41) is 2.99. The third-order valence-corrected chi connectivity index (χ3v) is 3.67. The molecule has 1 aliphatic carbocycles. The van der Waals surface area contributed by atoms with E-state index in [0.29, 0.717) is 6.42 Å². The topological polar surface area (TPSA) is 12.0 Å². The maximum atomic E-state index is 14.0. The molecular weight excluding hydrogens is 184 g/mol. The molecule has 1 unspecified atom stereocenters. The first-order chi connectivity index (χ1) is 6.71. The molecule has 3 heteroatoms. The third-order valence-electron chi connectivity index (χ3n) is 3.67. The van der Waals surface area contributed by atoms with Gasteiger partial charge < -0.3 is 5.32 Å². The van der Waals surface area contributed by atoms with Crippen molar-refractivity contribution in [3.63, 3.8) is 0 Å². The summed E-state index contributed by atoms with van der Waals surface area (Å²) in [6, 6.07) is -0.542. The highest BCUT2D eigenvalue weighted by molar-refractivity contribution is 4.92. The van der Waals surface area contributed by atoms with E-state index in [-0.39, 0.29) is 5.92 Å². The van der Waals surface area contributed by atoms with Gasteiger partial charge in [0, 0.05) is 5.92 Å². The van der Waals surface area contributed by atoms with E-state index in [1.54, 1.807) is 0 Å². The molecule has 1 nitrogen and oxygen atoms in total. The Labute approximate surface area is 84.3 Å². The van der Waals surface area contributed by atoms with Crippen molar-refractivity contribution in [3.8, 4) is 0 Å². The molecule has 1 N–H and O–H groups in total. The standard InChI is InChI=1S/C11H19F2N/c12-11(13,9-5-1-2-6-9)10-7-3-4-8-14-10/h9-10,14H,1-8H2. The van der Waals surface area contributed by atoms with Crippen molar-refractivity contribution < 1.29 is 8.78 Å². The third kappa shape index (κ3) is 1.92. The Morgan fingerprint density at radius 3 is 2.14 bits per heavy atom. The number of hydrogen-bond donors (Lipinski definition) is 1. The van der Waals surface area contributed by atoms with Crippen LogP contribution in [0.2, 0.25) is 0 Å². The van der Waals surface area contributed by atoms with Crippen LogP contribution in [-0.4, -0.2) is 18.5 Å². The summed E-state index contributed by atoms with van der Waals surface area (Å²) in [4.78, 5) is 0. The van der Waals surface area contributed by atoms with Gasteiger partial charge in [-0.25, -0.2) is 8.78 Å². The number of hydrogen-bond acceptors (Lipinski definition) is 1. The molecule has 0 bridgehead atoms. The predicted molar refractivity (Wildman–Crippen MR) is 52.5 cm³/mol. The number of piperidine rings is 1. The molecule has 0 aromatic heterocycles. The monoisotopic (exact) mass is 203 g/mol. The molecule has 0 amide bonds. The lowest BCUT2D eigenvalue weighted by atomic mass is 9.89. The van der Waals surface area contributed by atoms with Crippen molar-refractivity contribution in [1.29, 1.82) is 0 Å². The van der Waals surface area contributed by atoms with Crippen molar-refractivity contribution in [3.05, 3.63) is 0 Å². The van der Waals surface area contributed by atoms with Crippen LogP contribution in [-0.2, 0) is 0 Å². The molecule has 0 aromatic carbocycles. The molecule has 1 saturated carbocycles. The van der Waals surface area contributed by atoms with Gasteiger partial charge in [-0.3, -0.25) is 0 Å². The molecule has 82 valence electrons. The minimum Gasteiger partial charge on any atom is -0.309 e. The second-order valence-electron chi connectivity index (χ2n) is 4.66. The number of rotatable bonds is 2. The molecule has 1 atom stereocenters. The molecule has 2 rings (SSSR count). The number of nitrogens with one attached hydrogen (secondary N) is 1. The van der Waals surface area contributed by atoms with Crippen LogP contribution in [0.25, 0.3) is 0 Å². The van der Waals surface area contributed by atoms with Gasteiger partial charge in [-0.05, 0) is 32.2 Å². The first-order valence-electron chi connectivity index (χ1n) is 5.82. The lowest BCUT2D eigenvalue weighted by Crippen LogP contribution is -2.50. The lowest BCUT2D eigenvalue weighted by Gasteiger charge is -2.34. The fourth-order valence-corrected chi connectivity index (χ4v) is 2.78. The molecule has 1 aliphatic heterocycles. The molecular formula is C11H19F2N. The van der Waals surface area contributed by atoms with Crippen LogP contribution in [0.5, 0.6) is 0 Å². The van der Waals surface area contributed by atoms with Crippen molar-refractivity contribution in [2.75, 3.05) is 6.54 Å². The average Bonchev–Trinajstić information content (AvgIpc) is 2.72. The van der Waals surface area contributed by atoms with E-state index in [1.807, 2.05) is 0 Å². The van der Waals surface area contributed by atoms with Gasteiger partial charge in [0.15, 0.2) is 0 Å². The highest BCUT2D eigenvalue weighted by Gasteiger charge is 2.47. The Hall–Kier alpha value is -0.180. The maximum Gasteiger partial charge on any atom is 0.265 e. The Morgan fingerprint density at radius 1 is 0.929 bits per heavy atom. The minimum atomic E-state index is -2.46. The first kappa shape index (κ1) is 10.3. The minimum absolute atomic E-state index is 0.349. The van der Waals surface area contributed by atoms with Crippen molar-refractivity contribution in [2.45, 2.75) is 56.9 Å². The van der Waals surface area contributed by atoms with Gasteiger partial charge in [0.2, 0.25) is 0 Å². The second-order valence-corrected chi connectivity index (χ2v) is 4.66. The highest BCUT2D eigenvalue weighted by Crippen LogP contribution is 2.41. The summed E-state index contributed by atoms with van der Waals surface area (Å²) in [5.74, 6) is -2.81. The van der Waals surface area contributed by atoms with E-state index in [2.05, 4.69) is 5.32 Å². The van der Waals surface area contributed by atoms with Gasteiger partial charge in [0.05, 0.1) is 6.04 Å². The summed E-state index contributed by atoms with van der Waals surface area (Å²) in [7, 11) is 0. The molecule has 14 heavy (non-hydrogen) atoms. The Bertz CT molecular complexity index is 182. The zero-order valence-electron chi connectivity index (χ0n) is 8.57. The van der Waals surface area contributed by atoms with Gasteiger partial charge in [-0.2, -0.15) is 0 Å². The Kier molecular flexibility index (Phi) is 3.05. The van der Waals surface area contributed by atoms with Gasteiger partial charge >= 0.3 is 0 Å². The van der Waals surface area contributed by atoms with Gasteiger partial charge in [0.1, 0.15) is 0 Å². The van der Waals surface area contributed by atoms with Gasteiger partial charge in [-0.1, -0.05) is 19.3 Å². The van der Waals surface area contributed by atoms with Crippen LogP contribution in [0.3, 0.4) is 0 Å². The van der Waals surface area contributed by atoms with E-state index in [0.717, 1.165) is 45.1 Å². The fourth-order valence-electron chi connectivity index (χ4n) is 2.78. The molecule has 1 saturated heterocycles. The van der Waals surface area contributed by atoms with E-state index in [4.69, 9.17) is 0 Å². The summed E-state index contributed by atoms with van der Waals surface area (Å²) in [6.07, 6.45) is 6.11. The normalized spacial score (nSPS) is 30.9. The SMILES string of the molecule is FC(F)(C1CCCC1)C1CCCCN1. The maximum absolute atomic E-state index is 14.0. The zero-order chi connectivity index (χ0) is 10.0. The van der Waals surface area contributed by atoms with Crippen molar-refractivity contribution in [1.82, 2.24) is 5.32 Å². The predicted octanol–water partition coefficient (Wildman–Crippen LogP) is 2.95. The first-order valence-corrected chi connectivity index (χ1v) is 5.82. The van der Waals surface area contributed by atoms with Crippen molar-refractivity contribution >= 4 is 0 Å². The van der Waals surface area contributed by atoms with Crippen LogP contribution in [0.4, 0.5) is 8.78 Å². The van der Waals surface area contributed by atoms with Crippen LogP contribution in [0, 0.1) is 5.92 Å². The Morgan fingerprint density at radius 2 is 1.57 bits per heavy atom. The molecule has 2 fully saturated rings. The summed E-state index contributed by atoms with van der Waals surface area (Å²) in [5.41, 5.74) is 0. The lowest BCUT2D eigenvalue weighted by molar-refractivity contribution is -0.0933. The van der Waals surface area contributed by atoms with E-state index in [9.17, 15) is 8.78 Å². The van der Waals surface area contributed by atoms with Gasteiger partial charge in [0.25, 0.3) is 5.92 Å². The number of alkyl halides is 2. The smallest absolute Gasteiger partial charge is 0.265 e. The quantitative estimate of drug-likeness (QED) is 0.727. The van der Waals surface area contributed by atoms with Crippen LogP contribution < -0.4 is 5.32 Å². The second kappa shape index (κ2) is 4.13. The van der Waals surface area contributed by atoms with Crippen LogP contribution >= 0.6 is 0 Å². The Balaban J connectivity index is 1.97. The molecule has 1 heterocycles. The zero-order valence-corrected chi connectivity index (χ0v) is 8.57. The average molecular weight is 203 g/mol. The van der Waals surface area contributed by atoms with E-state index < -0.39 is 12.0 Å². The molecule has 0 radical (unpaired) electrons. The molecule has 2 aliphatic rings. The largest absolute Gasteiger partial charge is 0.309 e. The molecule has 0 spiro atoms. The van der Waals surface area contributed by atoms with E-state index >= 15 is 0 Å². The molecule has 0 aromatic rings. The highest BCUT2D eigenvalue weighted by atomic mass is 19.3. The summed E-state index contributed by atoms with van der Waals surface area (Å²) < 4.78 is 27.9. The summed E-state index contributed by atoms with van der Waals surface area (Å²) >= 11 is 0. The van der Waals surface area contributed by atoms with Crippen LogP contribution in [0.1, 0.15) is 44.9 Å². The van der Waals surface area contributed by atoms with Crippen LogP contribution in [0.15, 0.2) is 0 Å².